The molecule has 0 nitrogen and oxygen atoms in total. The van der Waals surface area contributed by atoms with Crippen LogP contribution in [0.4, 0.5) is 4.39 Å². The van der Waals surface area contributed by atoms with Gasteiger partial charge in [0.15, 0.2) is 0 Å². The summed E-state index contributed by atoms with van der Waals surface area (Å²) in [5.74, 6) is 1.59. The molecule has 1 saturated carbocycles. The van der Waals surface area contributed by atoms with Gasteiger partial charge in [0.05, 0.1) is 0 Å². The third-order valence-electron chi connectivity index (χ3n) is 7.81. The lowest BCUT2D eigenvalue weighted by molar-refractivity contribution is 0.299. The number of hydrogen-bond acceptors (Lipinski definition) is 0. The molecule has 0 aliphatic heterocycles. The summed E-state index contributed by atoms with van der Waals surface area (Å²) in [7, 11) is 0. The number of hydrogen-bond donors (Lipinski definition) is 0. The van der Waals surface area contributed by atoms with Crippen molar-refractivity contribution in [3.8, 4) is 11.1 Å². The lowest BCUT2D eigenvalue weighted by Crippen LogP contribution is -2.14. The second-order valence-electron chi connectivity index (χ2n) is 10.5. The minimum Gasteiger partial charge on any atom is -0.247 e. The fourth-order valence-corrected chi connectivity index (χ4v) is 5.71. The topological polar surface area (TPSA) is 0 Å². The maximum Gasteiger partial charge on any atom is 0.104 e. The molecule has 1 unspecified atom stereocenters. The Kier molecular flexibility index (Phi) is 11.5. The molecule has 1 aliphatic carbocycles. The van der Waals surface area contributed by atoms with Gasteiger partial charge < -0.3 is 0 Å². The van der Waals surface area contributed by atoms with Gasteiger partial charge in [0.2, 0.25) is 0 Å². The van der Waals surface area contributed by atoms with E-state index in [0.717, 1.165) is 18.8 Å². The van der Waals surface area contributed by atoms with Gasteiger partial charge in [0.25, 0.3) is 0 Å². The molecule has 1 atom stereocenters. The molecule has 1 aliphatic rings. The van der Waals surface area contributed by atoms with Crippen LogP contribution < -0.4 is 0 Å². The van der Waals surface area contributed by atoms with Gasteiger partial charge in [-0.05, 0) is 66.2 Å². The Morgan fingerprint density at radius 3 is 2.18 bits per heavy atom. The van der Waals surface area contributed by atoms with E-state index in [1.807, 2.05) is 0 Å². The van der Waals surface area contributed by atoms with E-state index in [9.17, 15) is 0 Å². The van der Waals surface area contributed by atoms with Gasteiger partial charge in [-0.25, -0.2) is 4.39 Å². The average Bonchev–Trinajstić information content (AvgIpc) is 2.85. The van der Waals surface area contributed by atoms with E-state index in [2.05, 4.69) is 62.4 Å². The summed E-state index contributed by atoms with van der Waals surface area (Å²) < 4.78 is 15.0. The zero-order valence-corrected chi connectivity index (χ0v) is 21.3. The summed E-state index contributed by atoms with van der Waals surface area (Å²) in [4.78, 5) is 0. The van der Waals surface area contributed by atoms with Crippen molar-refractivity contribution in [2.75, 3.05) is 0 Å². The first kappa shape index (κ1) is 26.0. The first-order chi connectivity index (χ1) is 16.2. The molecule has 0 saturated heterocycles. The molecule has 0 heterocycles. The highest BCUT2D eigenvalue weighted by atomic mass is 19.1. The van der Waals surface area contributed by atoms with E-state index in [0.29, 0.717) is 18.8 Å². The fraction of sp³-hybridized carbons (Fsp3) is 0.625. The highest BCUT2D eigenvalue weighted by Gasteiger charge is 2.23. The van der Waals surface area contributed by atoms with Crippen molar-refractivity contribution in [3.05, 3.63) is 59.7 Å². The number of benzene rings is 2. The van der Waals surface area contributed by atoms with Crippen molar-refractivity contribution in [1.29, 1.82) is 0 Å². The highest BCUT2D eigenvalue weighted by molar-refractivity contribution is 5.68. The van der Waals surface area contributed by atoms with Crippen LogP contribution in [0.15, 0.2) is 48.5 Å². The quantitative estimate of drug-likeness (QED) is 0.251. The largest absolute Gasteiger partial charge is 0.247 e. The van der Waals surface area contributed by atoms with Gasteiger partial charge in [-0.3, -0.25) is 0 Å². The van der Waals surface area contributed by atoms with Crippen LogP contribution in [0.3, 0.4) is 0 Å². The monoisotopic (exact) mass is 450 g/mol. The van der Waals surface area contributed by atoms with Gasteiger partial charge in [0, 0.05) is 6.42 Å². The van der Waals surface area contributed by atoms with E-state index in [4.69, 9.17) is 0 Å². The Morgan fingerprint density at radius 2 is 1.48 bits per heavy atom. The summed E-state index contributed by atoms with van der Waals surface area (Å²) in [5, 5.41) is 0. The summed E-state index contributed by atoms with van der Waals surface area (Å²) in [6, 6.07) is 17.6. The summed E-state index contributed by atoms with van der Waals surface area (Å²) in [5.41, 5.74) is 5.10. The molecule has 0 amide bonds. The molecule has 2 aromatic carbocycles. The van der Waals surface area contributed by atoms with E-state index >= 15 is 4.39 Å². The van der Waals surface area contributed by atoms with E-state index in [1.165, 1.54) is 92.9 Å². The van der Waals surface area contributed by atoms with Crippen LogP contribution in [0.5, 0.6) is 0 Å². The van der Waals surface area contributed by atoms with E-state index in [-0.39, 0.29) is 0 Å². The lowest BCUT2D eigenvalue weighted by Gasteiger charge is -2.29. The average molecular weight is 451 g/mol. The molecule has 1 fully saturated rings. The van der Waals surface area contributed by atoms with Crippen LogP contribution in [0.1, 0.15) is 121 Å². The third kappa shape index (κ3) is 8.58. The second-order valence-corrected chi connectivity index (χ2v) is 10.5. The zero-order chi connectivity index (χ0) is 23.3. The van der Waals surface area contributed by atoms with E-state index in [1.54, 1.807) is 0 Å². The Bertz CT molecular complexity index is 772. The van der Waals surface area contributed by atoms with Crippen molar-refractivity contribution < 1.29 is 4.39 Å². The normalized spacial score (nSPS) is 19.5. The molecular formula is C32H47F. The summed E-state index contributed by atoms with van der Waals surface area (Å²) in [6.45, 7) is 4.50. The van der Waals surface area contributed by atoms with Crippen molar-refractivity contribution in [3.63, 3.8) is 0 Å². The molecule has 182 valence electrons. The summed E-state index contributed by atoms with van der Waals surface area (Å²) in [6.07, 6.45) is 17.4. The van der Waals surface area contributed by atoms with Crippen LogP contribution in [0.2, 0.25) is 0 Å². The van der Waals surface area contributed by atoms with Crippen LogP contribution >= 0.6 is 0 Å². The maximum atomic E-state index is 15.0. The molecule has 33 heavy (non-hydrogen) atoms. The smallest absolute Gasteiger partial charge is 0.104 e. The Hall–Kier alpha value is -1.63. The van der Waals surface area contributed by atoms with Gasteiger partial charge in [-0.1, -0.05) is 120 Å². The molecule has 3 rings (SSSR count). The second kappa shape index (κ2) is 14.6. The zero-order valence-electron chi connectivity index (χ0n) is 21.3. The molecule has 0 radical (unpaired) electrons. The van der Waals surface area contributed by atoms with Gasteiger partial charge >= 0.3 is 0 Å². The van der Waals surface area contributed by atoms with Gasteiger partial charge in [-0.15, -0.1) is 0 Å². The Balaban J connectivity index is 1.65. The van der Waals surface area contributed by atoms with Crippen LogP contribution in [0.25, 0.3) is 11.1 Å². The van der Waals surface area contributed by atoms with E-state index < -0.39 is 6.17 Å². The van der Waals surface area contributed by atoms with Gasteiger partial charge in [-0.2, -0.15) is 0 Å². The van der Waals surface area contributed by atoms with Gasteiger partial charge in [0.1, 0.15) is 6.17 Å². The Labute approximate surface area is 203 Å². The predicted molar refractivity (Wildman–Crippen MR) is 143 cm³/mol. The lowest BCUT2D eigenvalue weighted by atomic mass is 9.76. The first-order valence-corrected chi connectivity index (χ1v) is 14.0. The Morgan fingerprint density at radius 1 is 0.788 bits per heavy atom. The molecule has 0 bridgehead atoms. The highest BCUT2D eigenvalue weighted by Crippen LogP contribution is 2.39. The summed E-state index contributed by atoms with van der Waals surface area (Å²) >= 11 is 0. The van der Waals surface area contributed by atoms with Crippen molar-refractivity contribution in [2.45, 2.75) is 122 Å². The van der Waals surface area contributed by atoms with Crippen LogP contribution in [-0.4, -0.2) is 6.17 Å². The van der Waals surface area contributed by atoms with Crippen molar-refractivity contribution in [1.82, 2.24) is 0 Å². The third-order valence-corrected chi connectivity index (χ3v) is 7.81. The number of rotatable bonds is 14. The number of alkyl halides is 1. The molecule has 1 heteroatoms. The van der Waals surface area contributed by atoms with Crippen LogP contribution in [-0.2, 0) is 6.42 Å². The minimum absolute atomic E-state index is 0.553. The molecule has 0 spiro atoms. The fourth-order valence-electron chi connectivity index (χ4n) is 5.71. The first-order valence-electron chi connectivity index (χ1n) is 14.0. The number of unbranched alkanes of at least 4 members (excludes halogenated alkanes) is 6. The van der Waals surface area contributed by atoms with Crippen molar-refractivity contribution >= 4 is 0 Å². The minimum atomic E-state index is -0.738. The molecule has 0 aromatic heterocycles. The molecule has 0 N–H and O–H groups in total. The van der Waals surface area contributed by atoms with Crippen LogP contribution in [0, 0.1) is 5.92 Å². The standard InChI is InChI=1S/C32H47F/c1-3-5-7-10-14-26-18-20-27(21-19-26)29-22-23-32(28-15-11-9-12-16-28)30(24-29)25-31(33)17-13-8-6-4-2/h9,11-12,15-16,22-24,26-27,31H,3-8,10,13-14,17-21,25H2,1-2H3. The number of halogens is 1. The molecular weight excluding hydrogens is 403 g/mol. The predicted octanol–water partition coefficient (Wildman–Crippen LogP) is 10.4. The SMILES string of the molecule is CCCCCCC(F)Cc1cc(C2CCC(CCCCCC)CC2)ccc1-c1ccccc1. The van der Waals surface area contributed by atoms with Crippen molar-refractivity contribution in [2.24, 2.45) is 5.92 Å². The molecule has 2 aromatic rings. The maximum absolute atomic E-state index is 15.0.